The van der Waals surface area contributed by atoms with Crippen LogP contribution in [0.3, 0.4) is 0 Å². The number of nitrogens with one attached hydrogen (secondary N) is 1. The van der Waals surface area contributed by atoms with Gasteiger partial charge in [0.15, 0.2) is 0 Å². The first kappa shape index (κ1) is 14.2. The summed E-state index contributed by atoms with van der Waals surface area (Å²) in [6.45, 7) is 3.12. The highest BCUT2D eigenvalue weighted by Gasteiger charge is 2.31. The number of halogens is 1. The highest BCUT2D eigenvalue weighted by molar-refractivity contribution is 5.33. The van der Waals surface area contributed by atoms with E-state index in [1.165, 1.54) is 11.3 Å². The van der Waals surface area contributed by atoms with Crippen LogP contribution in [0.2, 0.25) is 0 Å². The van der Waals surface area contributed by atoms with Crippen molar-refractivity contribution >= 4 is 0 Å². The molecule has 0 bridgehead atoms. The van der Waals surface area contributed by atoms with E-state index >= 15 is 0 Å². The molecular formula is C18H21FN2. The molecule has 0 saturated carbocycles. The molecule has 1 aliphatic carbocycles. The van der Waals surface area contributed by atoms with Crippen molar-refractivity contribution in [2.45, 2.75) is 38.1 Å². The van der Waals surface area contributed by atoms with Crippen LogP contribution in [0.5, 0.6) is 0 Å². The van der Waals surface area contributed by atoms with Gasteiger partial charge in [-0.2, -0.15) is 0 Å². The molecule has 1 N–H and O–H groups in total. The molecule has 0 amide bonds. The van der Waals surface area contributed by atoms with Crippen molar-refractivity contribution in [3.05, 3.63) is 65.2 Å². The summed E-state index contributed by atoms with van der Waals surface area (Å²) in [6.07, 6.45) is 5.14. The van der Waals surface area contributed by atoms with Crippen molar-refractivity contribution in [1.29, 1.82) is 0 Å². The van der Waals surface area contributed by atoms with E-state index in [9.17, 15) is 4.39 Å². The fraction of sp³-hybridized carbons (Fsp3) is 0.389. The zero-order valence-corrected chi connectivity index (χ0v) is 12.3. The maximum absolute atomic E-state index is 13.2. The van der Waals surface area contributed by atoms with Gasteiger partial charge in [-0.3, -0.25) is 4.98 Å². The molecule has 0 radical (unpaired) electrons. The second-order valence-electron chi connectivity index (χ2n) is 5.68. The Kier molecular flexibility index (Phi) is 4.30. The Hall–Kier alpha value is -1.74. The van der Waals surface area contributed by atoms with E-state index < -0.39 is 0 Å². The van der Waals surface area contributed by atoms with Gasteiger partial charge in [0.2, 0.25) is 0 Å². The van der Waals surface area contributed by atoms with Crippen LogP contribution in [0.1, 0.15) is 48.5 Å². The van der Waals surface area contributed by atoms with Gasteiger partial charge in [-0.05, 0) is 55.1 Å². The molecule has 21 heavy (non-hydrogen) atoms. The summed E-state index contributed by atoms with van der Waals surface area (Å²) in [5.41, 5.74) is 3.71. The second-order valence-corrected chi connectivity index (χ2v) is 5.68. The number of aromatic nitrogens is 1. The van der Waals surface area contributed by atoms with Crippen molar-refractivity contribution in [3.8, 4) is 0 Å². The van der Waals surface area contributed by atoms with Crippen LogP contribution >= 0.6 is 0 Å². The smallest absolute Gasteiger partial charge is 0.123 e. The molecule has 0 fully saturated rings. The van der Waals surface area contributed by atoms with E-state index in [1.807, 2.05) is 24.4 Å². The van der Waals surface area contributed by atoms with Crippen LogP contribution in [0, 0.1) is 5.82 Å². The first-order valence-corrected chi connectivity index (χ1v) is 7.72. The lowest BCUT2D eigenvalue weighted by Gasteiger charge is -2.25. The number of nitrogens with zero attached hydrogens (tertiary/aromatic N) is 1. The van der Waals surface area contributed by atoms with Gasteiger partial charge in [-0.25, -0.2) is 4.39 Å². The van der Waals surface area contributed by atoms with Crippen molar-refractivity contribution in [2.75, 3.05) is 6.54 Å². The van der Waals surface area contributed by atoms with Crippen LogP contribution in [0.25, 0.3) is 0 Å². The Morgan fingerprint density at radius 2 is 2.10 bits per heavy atom. The van der Waals surface area contributed by atoms with Crippen molar-refractivity contribution in [3.63, 3.8) is 0 Å². The fourth-order valence-electron chi connectivity index (χ4n) is 3.23. The normalized spacial score (nSPS) is 18.5. The van der Waals surface area contributed by atoms with Crippen molar-refractivity contribution in [2.24, 2.45) is 0 Å². The zero-order valence-electron chi connectivity index (χ0n) is 12.3. The molecular weight excluding hydrogens is 263 g/mol. The van der Waals surface area contributed by atoms with Gasteiger partial charge in [-0.15, -0.1) is 0 Å². The van der Waals surface area contributed by atoms with Crippen LogP contribution < -0.4 is 5.32 Å². The molecule has 1 heterocycles. The lowest BCUT2D eigenvalue weighted by atomic mass is 9.90. The minimum Gasteiger partial charge on any atom is -0.309 e. The van der Waals surface area contributed by atoms with Gasteiger partial charge < -0.3 is 5.32 Å². The van der Waals surface area contributed by atoms with Crippen LogP contribution in [-0.4, -0.2) is 11.5 Å². The molecule has 0 saturated heterocycles. The monoisotopic (exact) mass is 284 g/mol. The summed E-state index contributed by atoms with van der Waals surface area (Å²) in [4.78, 5) is 4.60. The molecule has 1 aromatic carbocycles. The summed E-state index contributed by atoms with van der Waals surface area (Å²) in [5, 5.41) is 3.63. The molecule has 2 atom stereocenters. The number of fused-ring (bicyclic) bond motifs is 1. The molecule has 3 heteroatoms. The van der Waals surface area contributed by atoms with Crippen LogP contribution in [0.4, 0.5) is 4.39 Å². The van der Waals surface area contributed by atoms with E-state index in [0.717, 1.165) is 31.4 Å². The summed E-state index contributed by atoms with van der Waals surface area (Å²) >= 11 is 0. The summed E-state index contributed by atoms with van der Waals surface area (Å²) in [6, 6.07) is 11.3. The molecule has 110 valence electrons. The zero-order chi connectivity index (χ0) is 14.7. The minimum absolute atomic E-state index is 0.182. The first-order chi connectivity index (χ1) is 10.3. The Morgan fingerprint density at radius 1 is 1.29 bits per heavy atom. The predicted molar refractivity (Wildman–Crippen MR) is 82.7 cm³/mol. The lowest BCUT2D eigenvalue weighted by Crippen LogP contribution is -2.27. The quantitative estimate of drug-likeness (QED) is 0.898. The van der Waals surface area contributed by atoms with E-state index in [-0.39, 0.29) is 11.9 Å². The average Bonchev–Trinajstić information content (AvgIpc) is 2.93. The largest absolute Gasteiger partial charge is 0.309 e. The molecule has 2 nitrogen and oxygen atoms in total. The van der Waals surface area contributed by atoms with E-state index in [4.69, 9.17) is 0 Å². The maximum Gasteiger partial charge on any atom is 0.123 e. The topological polar surface area (TPSA) is 24.9 Å². The highest BCUT2D eigenvalue weighted by atomic mass is 19.1. The third-order valence-electron chi connectivity index (χ3n) is 4.25. The Morgan fingerprint density at radius 3 is 2.86 bits per heavy atom. The molecule has 1 aromatic heterocycles. The number of rotatable bonds is 5. The van der Waals surface area contributed by atoms with Gasteiger partial charge in [0, 0.05) is 23.9 Å². The Labute approximate surface area is 125 Å². The fourth-order valence-corrected chi connectivity index (χ4v) is 3.23. The van der Waals surface area contributed by atoms with Crippen LogP contribution in [0.15, 0.2) is 42.6 Å². The standard InChI is InChI=1S/C18H21FN2/c1-2-11-20-18(14-5-8-15(19)9-6-14)16-10-7-13-4-3-12-21-17(13)16/h3-6,8-9,12,16,18,20H,2,7,10-11H2,1H3. The number of aryl methyl sites for hydroxylation is 1. The Bertz CT molecular complexity index is 594. The molecule has 2 unspecified atom stereocenters. The molecule has 2 aromatic rings. The number of benzene rings is 1. The third kappa shape index (κ3) is 2.98. The van der Waals surface area contributed by atoms with Gasteiger partial charge >= 0.3 is 0 Å². The number of hydrogen-bond donors (Lipinski definition) is 1. The summed E-state index contributed by atoms with van der Waals surface area (Å²) in [5.74, 6) is 0.191. The molecule has 0 aliphatic heterocycles. The van der Waals surface area contributed by atoms with Gasteiger partial charge in [0.05, 0.1) is 0 Å². The molecule has 3 rings (SSSR count). The minimum atomic E-state index is -0.182. The van der Waals surface area contributed by atoms with Crippen molar-refractivity contribution in [1.82, 2.24) is 10.3 Å². The summed E-state index contributed by atoms with van der Waals surface area (Å²) < 4.78 is 13.2. The van der Waals surface area contributed by atoms with Gasteiger partial charge in [0.25, 0.3) is 0 Å². The van der Waals surface area contributed by atoms with Gasteiger partial charge in [-0.1, -0.05) is 25.1 Å². The average molecular weight is 284 g/mol. The van der Waals surface area contributed by atoms with Crippen LogP contribution in [-0.2, 0) is 6.42 Å². The van der Waals surface area contributed by atoms with E-state index in [0.29, 0.717) is 5.92 Å². The first-order valence-electron chi connectivity index (χ1n) is 7.72. The second kappa shape index (κ2) is 6.35. The Balaban J connectivity index is 1.91. The number of hydrogen-bond acceptors (Lipinski definition) is 2. The predicted octanol–water partition coefficient (Wildman–Crippen LogP) is 3.99. The highest BCUT2D eigenvalue weighted by Crippen LogP contribution is 2.40. The third-order valence-corrected chi connectivity index (χ3v) is 4.25. The van der Waals surface area contributed by atoms with Gasteiger partial charge in [0.1, 0.15) is 5.82 Å². The molecule has 0 spiro atoms. The van der Waals surface area contributed by atoms with Crippen molar-refractivity contribution < 1.29 is 4.39 Å². The van der Waals surface area contributed by atoms with E-state index in [2.05, 4.69) is 23.3 Å². The molecule has 1 aliphatic rings. The summed E-state index contributed by atoms with van der Waals surface area (Å²) in [7, 11) is 0. The number of pyridine rings is 1. The van der Waals surface area contributed by atoms with E-state index in [1.54, 1.807) is 12.1 Å². The lowest BCUT2D eigenvalue weighted by molar-refractivity contribution is 0.436. The maximum atomic E-state index is 13.2. The SMILES string of the molecule is CCCNC(c1ccc(F)cc1)C1CCc2cccnc21.